The first-order valence-electron chi connectivity index (χ1n) is 9.45. The van der Waals surface area contributed by atoms with Gasteiger partial charge in [0.05, 0.1) is 12.0 Å². The van der Waals surface area contributed by atoms with E-state index in [-0.39, 0.29) is 0 Å². The van der Waals surface area contributed by atoms with E-state index in [4.69, 9.17) is 9.40 Å². The fourth-order valence-corrected chi connectivity index (χ4v) is 3.17. The fourth-order valence-electron chi connectivity index (χ4n) is 3.17. The first-order valence-corrected chi connectivity index (χ1v) is 9.45. The molecule has 0 atom stereocenters. The Morgan fingerprint density at radius 1 is 0.964 bits per heavy atom. The lowest BCUT2D eigenvalue weighted by atomic mass is 10.0. The normalized spacial score (nSPS) is 11.2. The van der Waals surface area contributed by atoms with Crippen LogP contribution in [-0.4, -0.2) is 33.0 Å². The topological polar surface area (TPSA) is 47.1 Å². The molecule has 28 heavy (non-hydrogen) atoms. The van der Waals surface area contributed by atoms with Gasteiger partial charge in [0.15, 0.2) is 0 Å². The molecule has 0 saturated heterocycles. The Bertz CT molecular complexity index is 1000. The number of aromatic nitrogens is 3. The Kier molecular flexibility index (Phi) is 5.35. The summed E-state index contributed by atoms with van der Waals surface area (Å²) in [5.74, 6) is 1.55. The number of benzene rings is 2. The van der Waals surface area contributed by atoms with Crippen LogP contribution in [0, 0.1) is 6.92 Å². The SMILES string of the molecule is Cc1oc(-c2ccc(-c3ccccc3)cc2)nc1CN(C)CCn1ccnc1. The average Bonchev–Trinajstić information content (AvgIpc) is 3.37. The Balaban J connectivity index is 1.43. The van der Waals surface area contributed by atoms with Crippen molar-refractivity contribution in [3.05, 3.63) is 84.8 Å². The smallest absolute Gasteiger partial charge is 0.226 e. The molecule has 0 amide bonds. The summed E-state index contributed by atoms with van der Waals surface area (Å²) in [5.41, 5.74) is 4.37. The van der Waals surface area contributed by atoms with Crippen LogP contribution in [0.2, 0.25) is 0 Å². The maximum atomic E-state index is 5.94. The molecule has 0 bridgehead atoms. The average molecular weight is 372 g/mol. The number of nitrogens with zero attached hydrogens (tertiary/aromatic N) is 4. The lowest BCUT2D eigenvalue weighted by Gasteiger charge is -2.15. The van der Waals surface area contributed by atoms with Gasteiger partial charge >= 0.3 is 0 Å². The van der Waals surface area contributed by atoms with E-state index < -0.39 is 0 Å². The monoisotopic (exact) mass is 372 g/mol. The summed E-state index contributed by atoms with van der Waals surface area (Å²) in [7, 11) is 2.10. The van der Waals surface area contributed by atoms with E-state index in [2.05, 4.69) is 70.0 Å². The van der Waals surface area contributed by atoms with Gasteiger partial charge in [0.2, 0.25) is 5.89 Å². The largest absolute Gasteiger partial charge is 0.441 e. The molecule has 0 aliphatic rings. The minimum atomic E-state index is 0.676. The summed E-state index contributed by atoms with van der Waals surface area (Å²) in [4.78, 5) is 11.1. The molecule has 2 heterocycles. The fraction of sp³-hybridized carbons (Fsp3) is 0.217. The zero-order valence-corrected chi connectivity index (χ0v) is 16.2. The van der Waals surface area contributed by atoms with Crippen LogP contribution in [-0.2, 0) is 13.1 Å². The zero-order chi connectivity index (χ0) is 19.3. The summed E-state index contributed by atoms with van der Waals surface area (Å²) in [6.45, 7) is 4.56. The number of oxazole rings is 1. The van der Waals surface area contributed by atoms with E-state index in [0.717, 1.165) is 36.7 Å². The van der Waals surface area contributed by atoms with Crippen LogP contribution in [0.15, 0.2) is 77.7 Å². The predicted octanol–water partition coefficient (Wildman–Crippen LogP) is 4.65. The van der Waals surface area contributed by atoms with Crippen LogP contribution in [0.1, 0.15) is 11.5 Å². The number of aryl methyl sites for hydroxylation is 1. The van der Waals surface area contributed by atoms with Gasteiger partial charge in [0.25, 0.3) is 0 Å². The van der Waals surface area contributed by atoms with Crippen molar-refractivity contribution in [1.29, 1.82) is 0 Å². The van der Waals surface area contributed by atoms with Crippen LogP contribution in [0.5, 0.6) is 0 Å². The van der Waals surface area contributed by atoms with E-state index in [0.29, 0.717) is 5.89 Å². The van der Waals surface area contributed by atoms with Gasteiger partial charge in [-0.3, -0.25) is 4.90 Å². The van der Waals surface area contributed by atoms with Crippen molar-refractivity contribution in [3.8, 4) is 22.6 Å². The van der Waals surface area contributed by atoms with Crippen molar-refractivity contribution in [1.82, 2.24) is 19.4 Å². The van der Waals surface area contributed by atoms with Gasteiger partial charge in [-0.25, -0.2) is 9.97 Å². The third kappa shape index (κ3) is 4.21. The van der Waals surface area contributed by atoms with Gasteiger partial charge < -0.3 is 8.98 Å². The van der Waals surface area contributed by atoms with E-state index in [1.165, 1.54) is 11.1 Å². The molecule has 0 spiro atoms. The highest BCUT2D eigenvalue weighted by Gasteiger charge is 2.13. The van der Waals surface area contributed by atoms with Crippen LogP contribution in [0.25, 0.3) is 22.6 Å². The molecule has 4 aromatic rings. The zero-order valence-electron chi connectivity index (χ0n) is 16.2. The maximum absolute atomic E-state index is 5.94. The minimum Gasteiger partial charge on any atom is -0.441 e. The second kappa shape index (κ2) is 8.23. The summed E-state index contributed by atoms with van der Waals surface area (Å²) in [6.07, 6.45) is 5.62. The van der Waals surface area contributed by atoms with Crippen molar-refractivity contribution < 1.29 is 4.42 Å². The van der Waals surface area contributed by atoms with Crippen molar-refractivity contribution >= 4 is 0 Å². The molecular formula is C23H24N4O. The molecule has 0 aliphatic heterocycles. The third-order valence-electron chi connectivity index (χ3n) is 4.85. The van der Waals surface area contributed by atoms with E-state index >= 15 is 0 Å². The van der Waals surface area contributed by atoms with Crippen LogP contribution < -0.4 is 0 Å². The Labute approximate surface area is 165 Å². The molecule has 0 aliphatic carbocycles. The third-order valence-corrected chi connectivity index (χ3v) is 4.85. The first kappa shape index (κ1) is 18.2. The molecule has 0 fully saturated rings. The molecule has 0 N–H and O–H groups in total. The van der Waals surface area contributed by atoms with Gasteiger partial charge in [0.1, 0.15) is 5.76 Å². The molecule has 142 valence electrons. The number of rotatable bonds is 7. The standard InChI is InChI=1S/C23H24N4O/c1-18-22(16-26(2)14-15-27-13-12-24-17-27)25-23(28-18)21-10-8-20(9-11-21)19-6-4-3-5-7-19/h3-13,17H,14-16H2,1-2H3. The Morgan fingerprint density at radius 3 is 2.39 bits per heavy atom. The number of imidazole rings is 1. The second-order valence-corrected chi connectivity index (χ2v) is 7.00. The minimum absolute atomic E-state index is 0.676. The highest BCUT2D eigenvalue weighted by molar-refractivity contribution is 5.67. The van der Waals surface area contributed by atoms with Crippen molar-refractivity contribution in [2.45, 2.75) is 20.0 Å². The molecule has 0 unspecified atom stereocenters. The van der Waals surface area contributed by atoms with Gasteiger partial charge in [0, 0.05) is 37.6 Å². The summed E-state index contributed by atoms with van der Waals surface area (Å²) < 4.78 is 8.02. The van der Waals surface area contributed by atoms with Gasteiger partial charge in [-0.15, -0.1) is 0 Å². The Morgan fingerprint density at radius 2 is 1.68 bits per heavy atom. The molecule has 0 saturated carbocycles. The predicted molar refractivity (Wildman–Crippen MR) is 111 cm³/mol. The van der Waals surface area contributed by atoms with Gasteiger partial charge in [-0.05, 0) is 37.2 Å². The van der Waals surface area contributed by atoms with E-state index in [9.17, 15) is 0 Å². The quantitative estimate of drug-likeness (QED) is 0.474. The van der Waals surface area contributed by atoms with Crippen molar-refractivity contribution in [2.24, 2.45) is 0 Å². The highest BCUT2D eigenvalue weighted by Crippen LogP contribution is 2.26. The maximum Gasteiger partial charge on any atom is 0.226 e. The van der Waals surface area contributed by atoms with Gasteiger partial charge in [-0.1, -0.05) is 42.5 Å². The summed E-state index contributed by atoms with van der Waals surface area (Å²) >= 11 is 0. The van der Waals surface area contributed by atoms with Crippen LogP contribution >= 0.6 is 0 Å². The van der Waals surface area contributed by atoms with E-state index in [1.807, 2.05) is 25.5 Å². The molecule has 0 radical (unpaired) electrons. The van der Waals surface area contributed by atoms with Crippen LogP contribution in [0.3, 0.4) is 0 Å². The number of hydrogen-bond donors (Lipinski definition) is 0. The second-order valence-electron chi connectivity index (χ2n) is 7.00. The van der Waals surface area contributed by atoms with Crippen molar-refractivity contribution in [3.63, 3.8) is 0 Å². The number of hydrogen-bond acceptors (Lipinski definition) is 4. The molecule has 5 nitrogen and oxygen atoms in total. The van der Waals surface area contributed by atoms with Gasteiger partial charge in [-0.2, -0.15) is 0 Å². The lowest BCUT2D eigenvalue weighted by Crippen LogP contribution is -2.23. The molecular weight excluding hydrogens is 348 g/mol. The number of likely N-dealkylation sites (N-methyl/N-ethyl adjacent to an activating group) is 1. The lowest BCUT2D eigenvalue weighted by molar-refractivity contribution is 0.306. The molecule has 2 aromatic carbocycles. The highest BCUT2D eigenvalue weighted by atomic mass is 16.4. The first-order chi connectivity index (χ1) is 13.7. The Hall–Kier alpha value is -3.18. The summed E-state index contributed by atoms with van der Waals surface area (Å²) in [6, 6.07) is 18.7. The summed E-state index contributed by atoms with van der Waals surface area (Å²) in [5, 5.41) is 0. The van der Waals surface area contributed by atoms with Crippen molar-refractivity contribution in [2.75, 3.05) is 13.6 Å². The molecule has 4 rings (SSSR count). The van der Waals surface area contributed by atoms with E-state index in [1.54, 1.807) is 6.20 Å². The molecule has 2 aromatic heterocycles. The molecule has 5 heteroatoms. The van der Waals surface area contributed by atoms with Crippen LogP contribution in [0.4, 0.5) is 0 Å².